The number of benzene rings is 1. The molecule has 0 aliphatic carbocycles. The molecule has 1 heterocycles. The molecular weight excluding hydrogens is 234 g/mol. The van der Waals surface area contributed by atoms with Crippen molar-refractivity contribution in [2.24, 2.45) is 0 Å². The zero-order valence-electron chi connectivity index (χ0n) is 10.0. The Morgan fingerprint density at radius 2 is 2.17 bits per heavy atom. The predicted molar refractivity (Wildman–Crippen MR) is 62.4 cm³/mol. The summed E-state index contributed by atoms with van der Waals surface area (Å²) in [4.78, 5) is 11.6. The second-order valence-corrected chi connectivity index (χ2v) is 3.72. The normalized spacial score (nSPS) is 14.4. The largest absolute Gasteiger partial charge is 0.486 e. The lowest BCUT2D eigenvalue weighted by Crippen LogP contribution is -2.17. The van der Waals surface area contributed by atoms with E-state index >= 15 is 0 Å². The molecule has 1 aliphatic rings. The van der Waals surface area contributed by atoms with Crippen molar-refractivity contribution in [1.29, 1.82) is 5.26 Å². The maximum atomic E-state index is 11.6. The molecule has 1 aromatic rings. The molecule has 0 saturated carbocycles. The van der Waals surface area contributed by atoms with Gasteiger partial charge in [0.25, 0.3) is 0 Å². The van der Waals surface area contributed by atoms with E-state index in [9.17, 15) is 4.79 Å². The van der Waals surface area contributed by atoms with Crippen molar-refractivity contribution in [2.45, 2.75) is 12.8 Å². The lowest BCUT2D eigenvalue weighted by Gasteiger charge is -2.19. The minimum absolute atomic E-state index is 0.252. The van der Waals surface area contributed by atoms with Crippen LogP contribution in [-0.4, -0.2) is 25.8 Å². The average molecular weight is 247 g/mol. The van der Waals surface area contributed by atoms with E-state index in [1.807, 2.05) is 6.07 Å². The van der Waals surface area contributed by atoms with E-state index in [-0.39, 0.29) is 6.61 Å². The highest BCUT2D eigenvalue weighted by atomic mass is 16.6. The Kier molecular flexibility index (Phi) is 3.68. The number of hydrogen-bond acceptors (Lipinski definition) is 5. The smallest absolute Gasteiger partial charge is 0.327 e. The van der Waals surface area contributed by atoms with Gasteiger partial charge in [-0.1, -0.05) is 6.07 Å². The molecule has 18 heavy (non-hydrogen) atoms. The molecule has 1 aliphatic heterocycles. The van der Waals surface area contributed by atoms with Crippen LogP contribution in [0.5, 0.6) is 11.5 Å². The fourth-order valence-corrected chi connectivity index (χ4v) is 1.73. The molecule has 0 saturated heterocycles. The monoisotopic (exact) mass is 247 g/mol. The van der Waals surface area contributed by atoms with E-state index in [4.69, 9.17) is 19.5 Å². The molecule has 5 nitrogen and oxygen atoms in total. The number of carbonyl (C=O) groups is 1. The summed E-state index contributed by atoms with van der Waals surface area (Å²) >= 11 is 0. The Morgan fingerprint density at radius 1 is 1.44 bits per heavy atom. The summed E-state index contributed by atoms with van der Waals surface area (Å²) in [5.41, 5.74) is 0.556. The highest BCUT2D eigenvalue weighted by Gasteiger charge is 2.23. The van der Waals surface area contributed by atoms with Crippen LogP contribution in [0.2, 0.25) is 0 Å². The maximum absolute atomic E-state index is 11.6. The second kappa shape index (κ2) is 5.41. The van der Waals surface area contributed by atoms with Crippen LogP contribution in [-0.2, 0) is 9.53 Å². The third-order valence-corrected chi connectivity index (χ3v) is 2.55. The van der Waals surface area contributed by atoms with Crippen LogP contribution in [0.1, 0.15) is 18.4 Å². The topological polar surface area (TPSA) is 68.6 Å². The number of nitriles is 1. The number of hydrogen-bond donors (Lipinski definition) is 0. The van der Waals surface area contributed by atoms with E-state index in [0.717, 1.165) is 0 Å². The summed E-state index contributed by atoms with van der Waals surface area (Å²) < 4.78 is 15.6. The molecule has 0 amide bonds. The minimum atomic E-state index is -0.930. The molecule has 0 fully saturated rings. The summed E-state index contributed by atoms with van der Waals surface area (Å²) in [6.45, 7) is 2.93. The van der Waals surface area contributed by atoms with Crippen molar-refractivity contribution in [3.05, 3.63) is 23.8 Å². The van der Waals surface area contributed by atoms with E-state index in [2.05, 4.69) is 0 Å². The quantitative estimate of drug-likeness (QED) is 0.759. The van der Waals surface area contributed by atoms with Gasteiger partial charge in [0.1, 0.15) is 13.2 Å². The van der Waals surface area contributed by atoms with Gasteiger partial charge < -0.3 is 14.2 Å². The van der Waals surface area contributed by atoms with Crippen LogP contribution in [0.4, 0.5) is 0 Å². The van der Waals surface area contributed by atoms with Gasteiger partial charge in [-0.2, -0.15) is 5.26 Å². The van der Waals surface area contributed by atoms with Gasteiger partial charge in [-0.15, -0.1) is 0 Å². The summed E-state index contributed by atoms with van der Waals surface area (Å²) in [6, 6.07) is 6.97. The Balaban J connectivity index is 2.27. The van der Waals surface area contributed by atoms with Gasteiger partial charge in [-0.25, -0.2) is 0 Å². The molecule has 1 aromatic carbocycles. The molecule has 0 bridgehead atoms. The van der Waals surface area contributed by atoms with Crippen LogP contribution >= 0.6 is 0 Å². The van der Waals surface area contributed by atoms with Gasteiger partial charge >= 0.3 is 5.97 Å². The van der Waals surface area contributed by atoms with Crippen LogP contribution in [0.3, 0.4) is 0 Å². The number of rotatable bonds is 3. The molecule has 0 radical (unpaired) electrons. The highest BCUT2D eigenvalue weighted by molar-refractivity contribution is 5.81. The predicted octanol–water partition coefficient (Wildman–Crippen LogP) is 1.63. The standard InChI is InChI=1S/C13H13NO4/c1-2-16-13(15)10(8-14)9-3-4-11-12(7-9)18-6-5-17-11/h3-4,7,10H,2,5-6H2,1H3. The van der Waals surface area contributed by atoms with Gasteiger partial charge in [-0.3, -0.25) is 4.79 Å². The Labute approximate surface area is 105 Å². The molecule has 2 rings (SSSR count). The molecular formula is C13H13NO4. The maximum Gasteiger partial charge on any atom is 0.327 e. The number of carbonyl (C=O) groups excluding carboxylic acids is 1. The fraction of sp³-hybridized carbons (Fsp3) is 0.385. The molecule has 0 aromatic heterocycles. The van der Waals surface area contributed by atoms with E-state index in [1.165, 1.54) is 0 Å². The molecule has 1 unspecified atom stereocenters. The van der Waals surface area contributed by atoms with Gasteiger partial charge in [0.15, 0.2) is 17.4 Å². The summed E-state index contributed by atoms with van der Waals surface area (Å²) in [6.07, 6.45) is 0. The summed E-state index contributed by atoms with van der Waals surface area (Å²) in [5.74, 6) is -0.286. The number of fused-ring (bicyclic) bond motifs is 1. The summed E-state index contributed by atoms with van der Waals surface area (Å²) in [7, 11) is 0. The van der Waals surface area contributed by atoms with E-state index in [0.29, 0.717) is 30.3 Å². The van der Waals surface area contributed by atoms with Crippen molar-refractivity contribution in [1.82, 2.24) is 0 Å². The van der Waals surface area contributed by atoms with Gasteiger partial charge in [-0.05, 0) is 24.6 Å². The third kappa shape index (κ3) is 2.38. The van der Waals surface area contributed by atoms with E-state index < -0.39 is 11.9 Å². The molecule has 94 valence electrons. The van der Waals surface area contributed by atoms with Gasteiger partial charge in [0, 0.05) is 0 Å². The average Bonchev–Trinajstić information content (AvgIpc) is 2.40. The molecule has 0 N–H and O–H groups in total. The molecule has 5 heteroatoms. The number of esters is 1. The lowest BCUT2D eigenvalue weighted by molar-refractivity contribution is -0.143. The molecule has 0 spiro atoms. The summed E-state index contributed by atoms with van der Waals surface area (Å²) in [5, 5.41) is 9.06. The Morgan fingerprint density at radius 3 is 2.83 bits per heavy atom. The zero-order chi connectivity index (χ0) is 13.0. The van der Waals surface area contributed by atoms with Gasteiger partial charge in [0.05, 0.1) is 12.7 Å². The SMILES string of the molecule is CCOC(=O)C(C#N)c1ccc2c(c1)OCCO2. The van der Waals surface area contributed by atoms with Crippen molar-refractivity contribution < 1.29 is 19.0 Å². The molecule has 1 atom stereocenters. The first kappa shape index (κ1) is 12.2. The first-order valence-corrected chi connectivity index (χ1v) is 5.72. The fourth-order valence-electron chi connectivity index (χ4n) is 1.73. The van der Waals surface area contributed by atoms with Crippen LogP contribution in [0.25, 0.3) is 0 Å². The van der Waals surface area contributed by atoms with Crippen molar-refractivity contribution in [3.63, 3.8) is 0 Å². The first-order chi connectivity index (χ1) is 8.76. The third-order valence-electron chi connectivity index (χ3n) is 2.55. The number of ether oxygens (including phenoxy) is 3. The van der Waals surface area contributed by atoms with Crippen LogP contribution in [0.15, 0.2) is 18.2 Å². The van der Waals surface area contributed by atoms with Crippen molar-refractivity contribution in [2.75, 3.05) is 19.8 Å². The van der Waals surface area contributed by atoms with Gasteiger partial charge in [0.2, 0.25) is 0 Å². The highest BCUT2D eigenvalue weighted by Crippen LogP contribution is 2.33. The van der Waals surface area contributed by atoms with Crippen LogP contribution < -0.4 is 9.47 Å². The van der Waals surface area contributed by atoms with E-state index in [1.54, 1.807) is 25.1 Å². The van der Waals surface area contributed by atoms with Crippen molar-refractivity contribution >= 4 is 5.97 Å². The lowest BCUT2D eigenvalue weighted by atomic mass is 10.0. The second-order valence-electron chi connectivity index (χ2n) is 3.72. The van der Waals surface area contributed by atoms with Crippen molar-refractivity contribution in [3.8, 4) is 17.6 Å². The van der Waals surface area contributed by atoms with Crippen LogP contribution in [0, 0.1) is 11.3 Å². The zero-order valence-corrected chi connectivity index (χ0v) is 10.0. The Hall–Kier alpha value is -2.22. The number of nitrogens with zero attached hydrogens (tertiary/aromatic N) is 1. The first-order valence-electron chi connectivity index (χ1n) is 5.72. The minimum Gasteiger partial charge on any atom is -0.486 e. The Bertz CT molecular complexity index is 492.